The molecule has 0 amide bonds. The van der Waals surface area contributed by atoms with Gasteiger partial charge in [0.25, 0.3) is 0 Å². The summed E-state index contributed by atoms with van der Waals surface area (Å²) in [6.07, 6.45) is 3.18. The van der Waals surface area contributed by atoms with E-state index in [-0.39, 0.29) is 17.8 Å². The Kier molecular flexibility index (Phi) is 3.01. The van der Waals surface area contributed by atoms with E-state index < -0.39 is 5.82 Å². The second kappa shape index (κ2) is 4.45. The third-order valence-corrected chi connectivity index (χ3v) is 2.35. The molecular formula is C11H8ClFN2O. The fraction of sp³-hybridized carbons (Fsp3) is 0.0909. The first-order chi connectivity index (χ1) is 7.66. The van der Waals surface area contributed by atoms with Gasteiger partial charge in [0, 0.05) is 17.4 Å². The van der Waals surface area contributed by atoms with Crippen LogP contribution in [0.2, 0.25) is 5.02 Å². The summed E-state index contributed by atoms with van der Waals surface area (Å²) in [5, 5.41) is 0.337. The van der Waals surface area contributed by atoms with Gasteiger partial charge in [0.15, 0.2) is 5.78 Å². The molecule has 0 unspecified atom stereocenters. The Balaban J connectivity index is 2.24. The van der Waals surface area contributed by atoms with Crippen LogP contribution in [-0.4, -0.2) is 15.8 Å². The number of aromatic nitrogens is 2. The smallest absolute Gasteiger partial charge is 0.173 e. The number of hydrogen-bond donors (Lipinski definition) is 1. The van der Waals surface area contributed by atoms with E-state index >= 15 is 0 Å². The predicted molar refractivity (Wildman–Crippen MR) is 58.0 cm³/mol. The second-order valence-electron chi connectivity index (χ2n) is 3.26. The molecule has 0 aliphatic carbocycles. The molecule has 0 fully saturated rings. The number of carbonyl (C=O) groups is 1. The monoisotopic (exact) mass is 238 g/mol. The van der Waals surface area contributed by atoms with Crippen molar-refractivity contribution in [2.75, 3.05) is 0 Å². The Bertz CT molecular complexity index is 511. The number of hydrogen-bond acceptors (Lipinski definition) is 2. The number of H-pyrrole nitrogens is 1. The minimum Gasteiger partial charge on any atom is -0.348 e. The third kappa shape index (κ3) is 2.28. The Morgan fingerprint density at radius 3 is 3.00 bits per heavy atom. The normalized spacial score (nSPS) is 10.4. The van der Waals surface area contributed by atoms with Gasteiger partial charge in [0.2, 0.25) is 0 Å². The molecule has 0 spiro atoms. The van der Waals surface area contributed by atoms with Gasteiger partial charge in [-0.3, -0.25) is 4.79 Å². The minimum absolute atomic E-state index is 0.0103. The van der Waals surface area contributed by atoms with Crippen LogP contribution >= 0.6 is 11.6 Å². The van der Waals surface area contributed by atoms with Crippen LogP contribution in [0.5, 0.6) is 0 Å². The maximum absolute atomic E-state index is 13.3. The number of imidazole rings is 1. The molecule has 0 atom stereocenters. The first-order valence-corrected chi connectivity index (χ1v) is 5.01. The lowest BCUT2D eigenvalue weighted by atomic mass is 10.1. The largest absolute Gasteiger partial charge is 0.348 e. The van der Waals surface area contributed by atoms with Gasteiger partial charge in [-0.1, -0.05) is 11.6 Å². The highest BCUT2D eigenvalue weighted by Gasteiger charge is 2.13. The zero-order valence-corrected chi connectivity index (χ0v) is 8.96. The summed E-state index contributed by atoms with van der Waals surface area (Å²) < 4.78 is 13.3. The molecule has 1 aromatic carbocycles. The van der Waals surface area contributed by atoms with E-state index in [0.717, 1.165) is 0 Å². The molecular weight excluding hydrogens is 231 g/mol. The van der Waals surface area contributed by atoms with Gasteiger partial charge in [-0.05, 0) is 18.2 Å². The Morgan fingerprint density at radius 1 is 1.50 bits per heavy atom. The lowest BCUT2D eigenvalue weighted by Crippen LogP contribution is -2.07. The maximum Gasteiger partial charge on any atom is 0.173 e. The average molecular weight is 239 g/mol. The van der Waals surface area contributed by atoms with Crippen LogP contribution in [0, 0.1) is 5.82 Å². The molecule has 3 nitrogen and oxygen atoms in total. The summed E-state index contributed by atoms with van der Waals surface area (Å²) in [4.78, 5) is 18.4. The molecule has 2 aromatic rings. The van der Waals surface area contributed by atoms with Crippen molar-refractivity contribution in [2.45, 2.75) is 6.42 Å². The van der Waals surface area contributed by atoms with Crippen molar-refractivity contribution in [1.29, 1.82) is 0 Å². The number of rotatable bonds is 3. The number of nitrogens with zero attached hydrogens (tertiary/aromatic N) is 1. The molecule has 1 aromatic heterocycles. The zero-order chi connectivity index (χ0) is 11.5. The van der Waals surface area contributed by atoms with E-state index in [1.165, 1.54) is 24.4 Å². The van der Waals surface area contributed by atoms with Crippen molar-refractivity contribution in [3.05, 3.63) is 52.8 Å². The van der Waals surface area contributed by atoms with E-state index in [9.17, 15) is 9.18 Å². The molecule has 0 radical (unpaired) electrons. The summed E-state index contributed by atoms with van der Waals surface area (Å²) in [5.41, 5.74) is -0.0103. The first-order valence-electron chi connectivity index (χ1n) is 4.63. The van der Waals surface area contributed by atoms with E-state index in [0.29, 0.717) is 10.8 Å². The summed E-state index contributed by atoms with van der Waals surface area (Å²) >= 11 is 5.70. The molecule has 1 heterocycles. The van der Waals surface area contributed by atoms with Gasteiger partial charge in [-0.15, -0.1) is 0 Å². The number of halogens is 2. The quantitative estimate of drug-likeness (QED) is 0.836. The summed E-state index contributed by atoms with van der Waals surface area (Å²) in [5.74, 6) is -0.416. The molecule has 0 bridgehead atoms. The van der Waals surface area contributed by atoms with Gasteiger partial charge in [0.05, 0.1) is 12.0 Å². The molecule has 2 rings (SSSR count). The van der Waals surface area contributed by atoms with Gasteiger partial charge in [-0.25, -0.2) is 9.37 Å². The van der Waals surface area contributed by atoms with Crippen molar-refractivity contribution >= 4 is 17.4 Å². The fourth-order valence-corrected chi connectivity index (χ4v) is 1.53. The SMILES string of the molecule is O=C(Cc1ncc[nH]1)c1cc(Cl)ccc1F. The number of nitrogens with one attached hydrogen (secondary N) is 1. The Labute approximate surface area is 96.3 Å². The molecule has 16 heavy (non-hydrogen) atoms. The predicted octanol–water partition coefficient (Wildman–Crippen LogP) is 2.63. The van der Waals surface area contributed by atoms with Crippen molar-refractivity contribution in [1.82, 2.24) is 9.97 Å². The van der Waals surface area contributed by atoms with Crippen LogP contribution in [0.25, 0.3) is 0 Å². The van der Waals surface area contributed by atoms with E-state index in [1.807, 2.05) is 0 Å². The van der Waals surface area contributed by atoms with E-state index in [2.05, 4.69) is 9.97 Å². The second-order valence-corrected chi connectivity index (χ2v) is 3.70. The lowest BCUT2D eigenvalue weighted by molar-refractivity contribution is 0.0987. The lowest BCUT2D eigenvalue weighted by Gasteiger charge is -2.01. The van der Waals surface area contributed by atoms with Crippen LogP contribution in [-0.2, 0) is 6.42 Å². The number of carbonyl (C=O) groups excluding carboxylic acids is 1. The third-order valence-electron chi connectivity index (χ3n) is 2.11. The van der Waals surface area contributed by atoms with Crippen molar-refractivity contribution in [3.63, 3.8) is 0 Å². The molecule has 0 saturated heterocycles. The molecule has 0 aliphatic rings. The van der Waals surface area contributed by atoms with Crippen LogP contribution in [0.1, 0.15) is 16.2 Å². The number of Topliss-reactive ketones (excluding diaryl/α,β-unsaturated/α-hetero) is 1. The van der Waals surface area contributed by atoms with Crippen molar-refractivity contribution in [3.8, 4) is 0 Å². The fourth-order valence-electron chi connectivity index (χ4n) is 1.35. The van der Waals surface area contributed by atoms with Gasteiger partial charge >= 0.3 is 0 Å². The molecule has 82 valence electrons. The van der Waals surface area contributed by atoms with Crippen molar-refractivity contribution in [2.24, 2.45) is 0 Å². The van der Waals surface area contributed by atoms with E-state index in [4.69, 9.17) is 11.6 Å². The highest BCUT2D eigenvalue weighted by atomic mass is 35.5. The zero-order valence-electron chi connectivity index (χ0n) is 8.21. The maximum atomic E-state index is 13.3. The van der Waals surface area contributed by atoms with Crippen LogP contribution in [0.15, 0.2) is 30.6 Å². The minimum atomic E-state index is -0.569. The molecule has 5 heteroatoms. The Hall–Kier alpha value is -1.68. The summed E-state index contributed by atoms with van der Waals surface area (Å²) in [6, 6.07) is 3.90. The van der Waals surface area contributed by atoms with Gasteiger partial charge in [0.1, 0.15) is 11.6 Å². The van der Waals surface area contributed by atoms with Gasteiger partial charge in [-0.2, -0.15) is 0 Å². The van der Waals surface area contributed by atoms with Crippen LogP contribution < -0.4 is 0 Å². The number of ketones is 1. The van der Waals surface area contributed by atoms with Crippen molar-refractivity contribution < 1.29 is 9.18 Å². The van der Waals surface area contributed by atoms with E-state index in [1.54, 1.807) is 6.20 Å². The summed E-state index contributed by atoms with van der Waals surface area (Å²) in [6.45, 7) is 0. The summed E-state index contributed by atoms with van der Waals surface area (Å²) in [7, 11) is 0. The van der Waals surface area contributed by atoms with Crippen LogP contribution in [0.3, 0.4) is 0 Å². The molecule has 0 aliphatic heterocycles. The highest BCUT2D eigenvalue weighted by Crippen LogP contribution is 2.16. The molecule has 1 N–H and O–H groups in total. The first kappa shape index (κ1) is 10.8. The topological polar surface area (TPSA) is 45.8 Å². The van der Waals surface area contributed by atoms with Gasteiger partial charge < -0.3 is 4.98 Å². The molecule has 0 saturated carbocycles. The van der Waals surface area contributed by atoms with Crippen LogP contribution in [0.4, 0.5) is 4.39 Å². The highest BCUT2D eigenvalue weighted by molar-refractivity contribution is 6.31. The number of benzene rings is 1. The number of aromatic amines is 1. The standard InChI is InChI=1S/C11H8ClFN2O/c12-7-1-2-9(13)8(5-7)10(16)6-11-14-3-4-15-11/h1-5H,6H2,(H,14,15). The Morgan fingerprint density at radius 2 is 2.31 bits per heavy atom. The average Bonchev–Trinajstić information content (AvgIpc) is 2.74.